The largest absolute Gasteiger partial charge is 0.477 e. The topological polar surface area (TPSA) is 72.3 Å². The van der Waals surface area contributed by atoms with Crippen LogP contribution < -0.4 is 4.74 Å². The standard InChI is InChI=1S/C11H10N2O3S/c1-2-16-10-6-12-5-7(13-10)8-3-4-9(17-8)11(14)15/h3-6H,2H2,1H3,(H,14,15). The van der Waals surface area contributed by atoms with Gasteiger partial charge in [0, 0.05) is 0 Å². The molecule has 0 saturated carbocycles. The van der Waals surface area contributed by atoms with E-state index in [1.807, 2.05) is 6.92 Å². The third-order valence-electron chi connectivity index (χ3n) is 1.97. The molecule has 0 aliphatic heterocycles. The molecule has 6 heteroatoms. The van der Waals surface area contributed by atoms with Gasteiger partial charge < -0.3 is 9.84 Å². The summed E-state index contributed by atoms with van der Waals surface area (Å²) in [6.07, 6.45) is 3.11. The van der Waals surface area contributed by atoms with Gasteiger partial charge in [-0.3, -0.25) is 4.98 Å². The molecule has 5 nitrogen and oxygen atoms in total. The number of carbonyl (C=O) groups is 1. The van der Waals surface area contributed by atoms with Crippen LogP contribution in [0.25, 0.3) is 10.6 Å². The lowest BCUT2D eigenvalue weighted by Gasteiger charge is -2.02. The lowest BCUT2D eigenvalue weighted by atomic mass is 10.3. The van der Waals surface area contributed by atoms with Crippen LogP contribution in [0.1, 0.15) is 16.6 Å². The van der Waals surface area contributed by atoms with Crippen molar-refractivity contribution in [2.45, 2.75) is 6.92 Å². The molecule has 0 amide bonds. The van der Waals surface area contributed by atoms with Crippen LogP contribution in [0.2, 0.25) is 0 Å². The smallest absolute Gasteiger partial charge is 0.345 e. The summed E-state index contributed by atoms with van der Waals surface area (Å²) in [6, 6.07) is 3.27. The molecule has 0 bridgehead atoms. The highest BCUT2D eigenvalue weighted by molar-refractivity contribution is 7.17. The van der Waals surface area contributed by atoms with Gasteiger partial charge in [-0.1, -0.05) is 0 Å². The van der Waals surface area contributed by atoms with Gasteiger partial charge in [-0.2, -0.15) is 0 Å². The zero-order chi connectivity index (χ0) is 12.3. The van der Waals surface area contributed by atoms with Crippen LogP contribution in [0.3, 0.4) is 0 Å². The maximum atomic E-state index is 10.8. The Morgan fingerprint density at radius 3 is 2.94 bits per heavy atom. The number of carboxylic acid groups (broad SMARTS) is 1. The summed E-state index contributed by atoms with van der Waals surface area (Å²) >= 11 is 1.16. The van der Waals surface area contributed by atoms with E-state index in [4.69, 9.17) is 9.84 Å². The number of thiophene rings is 1. The third-order valence-corrected chi connectivity index (χ3v) is 3.07. The minimum atomic E-state index is -0.935. The Bertz CT molecular complexity index is 539. The summed E-state index contributed by atoms with van der Waals surface area (Å²) < 4.78 is 5.24. The predicted molar refractivity (Wildman–Crippen MR) is 63.5 cm³/mol. The number of aromatic carboxylic acids is 1. The highest BCUT2D eigenvalue weighted by atomic mass is 32.1. The van der Waals surface area contributed by atoms with Gasteiger partial charge in [0.15, 0.2) is 0 Å². The molecule has 2 aromatic rings. The average Bonchev–Trinajstić information content (AvgIpc) is 2.79. The Morgan fingerprint density at radius 1 is 1.47 bits per heavy atom. The number of carboxylic acids is 1. The number of hydrogen-bond acceptors (Lipinski definition) is 5. The van der Waals surface area contributed by atoms with Gasteiger partial charge in [0.2, 0.25) is 5.88 Å². The number of nitrogens with zero attached hydrogens (tertiary/aromatic N) is 2. The molecule has 0 saturated heterocycles. The number of ether oxygens (including phenoxy) is 1. The first-order chi connectivity index (χ1) is 8.20. The Balaban J connectivity index is 2.31. The highest BCUT2D eigenvalue weighted by Crippen LogP contribution is 2.27. The van der Waals surface area contributed by atoms with Crippen molar-refractivity contribution in [3.63, 3.8) is 0 Å². The van der Waals surface area contributed by atoms with Gasteiger partial charge in [-0.25, -0.2) is 9.78 Å². The maximum absolute atomic E-state index is 10.8. The summed E-state index contributed by atoms with van der Waals surface area (Å²) in [5.74, 6) is -0.495. The molecule has 2 heterocycles. The van der Waals surface area contributed by atoms with Crippen LogP contribution in [0.15, 0.2) is 24.5 Å². The van der Waals surface area contributed by atoms with Crippen molar-refractivity contribution in [2.75, 3.05) is 6.61 Å². The Morgan fingerprint density at radius 2 is 2.29 bits per heavy atom. The van der Waals surface area contributed by atoms with Gasteiger partial charge in [0.25, 0.3) is 0 Å². The Hall–Kier alpha value is -1.95. The first kappa shape index (κ1) is 11.5. The average molecular weight is 250 g/mol. The fourth-order valence-electron chi connectivity index (χ4n) is 1.27. The van der Waals surface area contributed by atoms with Gasteiger partial charge in [0.05, 0.1) is 23.9 Å². The lowest BCUT2D eigenvalue weighted by molar-refractivity contribution is 0.0702. The molecule has 0 radical (unpaired) electrons. The molecule has 17 heavy (non-hydrogen) atoms. The molecule has 0 aromatic carbocycles. The second-order valence-electron chi connectivity index (χ2n) is 3.14. The molecule has 0 atom stereocenters. The molecule has 2 aromatic heterocycles. The molecule has 2 rings (SSSR count). The minimum absolute atomic E-state index is 0.281. The van der Waals surface area contributed by atoms with E-state index < -0.39 is 5.97 Å². The van der Waals surface area contributed by atoms with Gasteiger partial charge >= 0.3 is 5.97 Å². The molecule has 88 valence electrons. The van der Waals surface area contributed by atoms with Crippen LogP contribution in [0, 0.1) is 0 Å². The van der Waals surface area contributed by atoms with Crippen LogP contribution >= 0.6 is 11.3 Å². The van der Waals surface area contributed by atoms with Crippen LogP contribution in [-0.2, 0) is 0 Å². The summed E-state index contributed by atoms with van der Waals surface area (Å²) in [5.41, 5.74) is 0.619. The van der Waals surface area contributed by atoms with Crippen LogP contribution in [0.5, 0.6) is 5.88 Å². The minimum Gasteiger partial charge on any atom is -0.477 e. The molecule has 0 unspecified atom stereocenters. The summed E-state index contributed by atoms with van der Waals surface area (Å²) in [7, 11) is 0. The van der Waals surface area contributed by atoms with Gasteiger partial charge in [0.1, 0.15) is 10.6 Å². The van der Waals surface area contributed by atoms with E-state index in [9.17, 15) is 4.79 Å². The Labute approximate surface area is 102 Å². The van der Waals surface area contributed by atoms with Crippen molar-refractivity contribution in [3.8, 4) is 16.5 Å². The normalized spacial score (nSPS) is 10.2. The quantitative estimate of drug-likeness (QED) is 0.901. The van der Waals surface area contributed by atoms with E-state index in [2.05, 4.69) is 9.97 Å². The molecule has 1 N–H and O–H groups in total. The lowest BCUT2D eigenvalue weighted by Crippen LogP contribution is -1.95. The maximum Gasteiger partial charge on any atom is 0.345 e. The van der Waals surface area contributed by atoms with E-state index in [-0.39, 0.29) is 4.88 Å². The number of rotatable bonds is 4. The first-order valence-corrected chi connectivity index (χ1v) is 5.80. The van der Waals surface area contributed by atoms with E-state index >= 15 is 0 Å². The molecule has 0 aliphatic carbocycles. The second kappa shape index (κ2) is 4.92. The van der Waals surface area contributed by atoms with Crippen molar-refractivity contribution in [2.24, 2.45) is 0 Å². The van der Waals surface area contributed by atoms with E-state index in [0.717, 1.165) is 16.2 Å². The van der Waals surface area contributed by atoms with Crippen molar-refractivity contribution < 1.29 is 14.6 Å². The third kappa shape index (κ3) is 2.59. The Kier molecular flexibility index (Phi) is 3.34. The molecule has 0 spiro atoms. The predicted octanol–water partition coefficient (Wildman–Crippen LogP) is 2.30. The zero-order valence-corrected chi connectivity index (χ0v) is 9.90. The van der Waals surface area contributed by atoms with E-state index in [1.165, 1.54) is 6.20 Å². The monoisotopic (exact) mass is 250 g/mol. The second-order valence-corrected chi connectivity index (χ2v) is 4.23. The highest BCUT2D eigenvalue weighted by Gasteiger charge is 2.10. The zero-order valence-electron chi connectivity index (χ0n) is 9.08. The summed E-state index contributed by atoms with van der Waals surface area (Å²) in [6.45, 7) is 2.38. The van der Waals surface area contributed by atoms with Gasteiger partial charge in [-0.15, -0.1) is 11.3 Å². The van der Waals surface area contributed by atoms with Crippen molar-refractivity contribution in [3.05, 3.63) is 29.4 Å². The van der Waals surface area contributed by atoms with E-state index in [0.29, 0.717) is 18.2 Å². The fraction of sp³-hybridized carbons (Fsp3) is 0.182. The summed E-state index contributed by atoms with van der Waals surface area (Å²) in [4.78, 5) is 20.1. The molecule has 0 aliphatic rings. The number of aromatic nitrogens is 2. The van der Waals surface area contributed by atoms with Crippen molar-refractivity contribution >= 4 is 17.3 Å². The molecular weight excluding hydrogens is 240 g/mol. The molecular formula is C11H10N2O3S. The van der Waals surface area contributed by atoms with Gasteiger partial charge in [-0.05, 0) is 19.1 Å². The summed E-state index contributed by atoms with van der Waals surface area (Å²) in [5, 5.41) is 8.83. The number of hydrogen-bond donors (Lipinski definition) is 1. The van der Waals surface area contributed by atoms with Crippen LogP contribution in [0.4, 0.5) is 0 Å². The van der Waals surface area contributed by atoms with Crippen molar-refractivity contribution in [1.29, 1.82) is 0 Å². The SMILES string of the molecule is CCOc1cncc(-c2ccc(C(=O)O)s2)n1. The fourth-order valence-corrected chi connectivity index (χ4v) is 2.07. The first-order valence-electron chi connectivity index (χ1n) is 4.99. The van der Waals surface area contributed by atoms with E-state index in [1.54, 1.807) is 18.3 Å². The van der Waals surface area contributed by atoms with Crippen molar-refractivity contribution in [1.82, 2.24) is 9.97 Å². The van der Waals surface area contributed by atoms with Crippen LogP contribution in [-0.4, -0.2) is 27.7 Å². The molecule has 0 fully saturated rings.